The number of benzene rings is 2. The van der Waals surface area contributed by atoms with E-state index in [2.05, 4.69) is 43.2 Å². The summed E-state index contributed by atoms with van der Waals surface area (Å²) in [7, 11) is 3.23. The average Bonchev–Trinajstić information content (AvgIpc) is 3.24. The third-order valence-electron chi connectivity index (χ3n) is 4.97. The highest BCUT2D eigenvalue weighted by Crippen LogP contribution is 2.35. The lowest BCUT2D eigenvalue weighted by atomic mass is 9.87. The third kappa shape index (κ3) is 6.23. The van der Waals surface area contributed by atoms with Gasteiger partial charge in [0.15, 0.2) is 5.13 Å². The van der Waals surface area contributed by atoms with Gasteiger partial charge in [-0.25, -0.2) is 4.98 Å². The van der Waals surface area contributed by atoms with Crippen LogP contribution in [0.15, 0.2) is 47.8 Å². The third-order valence-corrected chi connectivity index (χ3v) is 5.73. The molecule has 6 nitrogen and oxygen atoms in total. The Bertz CT molecular complexity index is 1040. The van der Waals surface area contributed by atoms with Crippen LogP contribution >= 0.6 is 11.3 Å². The molecule has 0 fully saturated rings. The van der Waals surface area contributed by atoms with Gasteiger partial charge in [-0.05, 0) is 47.7 Å². The number of anilines is 1. The predicted molar refractivity (Wildman–Crippen MR) is 129 cm³/mol. The molecule has 3 aromatic rings. The molecule has 0 aliphatic heterocycles. The second kappa shape index (κ2) is 10.5. The first-order valence-corrected chi connectivity index (χ1v) is 11.4. The Labute approximate surface area is 193 Å². The van der Waals surface area contributed by atoms with Crippen molar-refractivity contribution in [1.29, 1.82) is 0 Å². The number of nitrogens with zero attached hydrogens (tertiary/aromatic N) is 1. The molecule has 170 valence electrons. The molecule has 1 aromatic heterocycles. The summed E-state index contributed by atoms with van der Waals surface area (Å²) >= 11 is 1.37. The predicted octanol–water partition coefficient (Wildman–Crippen LogP) is 5.92. The molecular weight excluding hydrogens is 424 g/mol. The van der Waals surface area contributed by atoms with Crippen LogP contribution in [0.1, 0.15) is 39.2 Å². The van der Waals surface area contributed by atoms with Crippen molar-refractivity contribution >= 4 is 22.4 Å². The lowest BCUT2D eigenvalue weighted by molar-refractivity contribution is -0.116. The van der Waals surface area contributed by atoms with Crippen molar-refractivity contribution in [1.82, 2.24) is 4.98 Å². The Morgan fingerprint density at radius 2 is 1.75 bits per heavy atom. The number of amides is 1. The van der Waals surface area contributed by atoms with Gasteiger partial charge in [0.05, 0.1) is 26.5 Å². The van der Waals surface area contributed by atoms with Crippen molar-refractivity contribution in [2.24, 2.45) is 0 Å². The summed E-state index contributed by atoms with van der Waals surface area (Å²) in [6, 6.07) is 13.7. The number of rotatable bonds is 9. The van der Waals surface area contributed by atoms with E-state index in [1.54, 1.807) is 14.2 Å². The Balaban J connectivity index is 1.49. The van der Waals surface area contributed by atoms with Crippen LogP contribution in [-0.2, 0) is 10.2 Å². The van der Waals surface area contributed by atoms with Gasteiger partial charge in [0.1, 0.15) is 17.2 Å². The standard InChI is InChI=1S/C25H30N2O4S/c1-25(2,3)17-8-10-18(11-9-17)31-14-6-7-23(28)27-24-26-21(16-32-24)20-15-19(29-4)12-13-22(20)30-5/h8-13,15-16H,6-7,14H2,1-5H3,(H,26,27,28). The molecule has 1 amide bonds. The van der Waals surface area contributed by atoms with Crippen LogP contribution in [0.3, 0.4) is 0 Å². The Hall–Kier alpha value is -3.06. The van der Waals surface area contributed by atoms with E-state index in [0.717, 1.165) is 17.0 Å². The number of aromatic nitrogens is 1. The van der Waals surface area contributed by atoms with Crippen LogP contribution in [0.5, 0.6) is 17.2 Å². The molecule has 0 radical (unpaired) electrons. The van der Waals surface area contributed by atoms with Gasteiger partial charge < -0.3 is 19.5 Å². The number of hydrogen-bond acceptors (Lipinski definition) is 6. The highest BCUT2D eigenvalue weighted by molar-refractivity contribution is 7.14. The van der Waals surface area contributed by atoms with Gasteiger partial charge in [-0.3, -0.25) is 4.79 Å². The number of carbonyl (C=O) groups excluding carboxylic acids is 1. The molecule has 0 bridgehead atoms. The summed E-state index contributed by atoms with van der Waals surface area (Å²) in [4.78, 5) is 16.8. The molecule has 0 unspecified atom stereocenters. The molecule has 1 N–H and O–H groups in total. The van der Waals surface area contributed by atoms with Gasteiger partial charge in [0.2, 0.25) is 5.91 Å². The molecule has 0 spiro atoms. The number of ether oxygens (including phenoxy) is 3. The summed E-state index contributed by atoms with van der Waals surface area (Å²) in [5.74, 6) is 2.14. The largest absolute Gasteiger partial charge is 0.497 e. The van der Waals surface area contributed by atoms with Gasteiger partial charge in [0, 0.05) is 17.4 Å². The minimum atomic E-state index is -0.0878. The minimum Gasteiger partial charge on any atom is -0.497 e. The summed E-state index contributed by atoms with van der Waals surface area (Å²) in [5.41, 5.74) is 2.92. The zero-order valence-electron chi connectivity index (χ0n) is 19.2. The van der Waals surface area contributed by atoms with E-state index >= 15 is 0 Å². The van der Waals surface area contributed by atoms with Crippen LogP contribution in [0, 0.1) is 0 Å². The molecule has 0 aliphatic carbocycles. The molecule has 0 saturated carbocycles. The number of carbonyl (C=O) groups is 1. The van der Waals surface area contributed by atoms with Gasteiger partial charge in [-0.1, -0.05) is 32.9 Å². The van der Waals surface area contributed by atoms with Crippen molar-refractivity contribution in [3.63, 3.8) is 0 Å². The van der Waals surface area contributed by atoms with E-state index in [0.29, 0.717) is 36.1 Å². The summed E-state index contributed by atoms with van der Waals surface area (Å²) in [6.45, 7) is 7.02. The Morgan fingerprint density at radius 1 is 1.03 bits per heavy atom. The normalized spacial score (nSPS) is 11.2. The van der Waals surface area contributed by atoms with E-state index in [1.165, 1.54) is 16.9 Å². The molecule has 0 aliphatic rings. The minimum absolute atomic E-state index is 0.0878. The van der Waals surface area contributed by atoms with E-state index < -0.39 is 0 Å². The lowest BCUT2D eigenvalue weighted by Crippen LogP contribution is -2.13. The van der Waals surface area contributed by atoms with Gasteiger partial charge >= 0.3 is 0 Å². The van der Waals surface area contributed by atoms with Gasteiger partial charge in [-0.15, -0.1) is 11.3 Å². The van der Waals surface area contributed by atoms with Crippen molar-refractivity contribution in [3.05, 3.63) is 53.4 Å². The SMILES string of the molecule is COc1ccc(OC)c(-c2csc(NC(=O)CCCOc3ccc(C(C)(C)C)cc3)n2)c1. The zero-order chi connectivity index (χ0) is 23.1. The second-order valence-electron chi connectivity index (χ2n) is 8.38. The van der Waals surface area contributed by atoms with E-state index in [4.69, 9.17) is 14.2 Å². The van der Waals surface area contributed by atoms with Gasteiger partial charge in [-0.2, -0.15) is 0 Å². The maximum Gasteiger partial charge on any atom is 0.226 e. The highest BCUT2D eigenvalue weighted by atomic mass is 32.1. The molecule has 2 aromatic carbocycles. The van der Waals surface area contributed by atoms with Crippen LogP contribution in [0.4, 0.5) is 5.13 Å². The second-order valence-corrected chi connectivity index (χ2v) is 9.24. The molecule has 32 heavy (non-hydrogen) atoms. The smallest absolute Gasteiger partial charge is 0.226 e. The number of thiazole rings is 1. The van der Waals surface area contributed by atoms with Crippen molar-refractivity contribution in [2.45, 2.75) is 39.0 Å². The Kier molecular flexibility index (Phi) is 7.75. The van der Waals surface area contributed by atoms with Crippen molar-refractivity contribution < 1.29 is 19.0 Å². The summed E-state index contributed by atoms with van der Waals surface area (Å²) < 4.78 is 16.5. The zero-order valence-corrected chi connectivity index (χ0v) is 20.0. The maximum atomic E-state index is 12.3. The van der Waals surface area contributed by atoms with Crippen LogP contribution in [0.2, 0.25) is 0 Å². The van der Waals surface area contributed by atoms with Crippen molar-refractivity contribution in [2.75, 3.05) is 26.1 Å². The molecular formula is C25H30N2O4S. The van der Waals surface area contributed by atoms with Crippen LogP contribution in [0.25, 0.3) is 11.3 Å². The first-order valence-electron chi connectivity index (χ1n) is 10.5. The maximum absolute atomic E-state index is 12.3. The first kappa shape index (κ1) is 23.6. The highest BCUT2D eigenvalue weighted by Gasteiger charge is 2.14. The molecule has 3 rings (SSSR count). The summed E-state index contributed by atoms with van der Waals surface area (Å²) in [6.07, 6.45) is 0.978. The topological polar surface area (TPSA) is 69.7 Å². The monoisotopic (exact) mass is 454 g/mol. The number of nitrogens with one attached hydrogen (secondary N) is 1. The average molecular weight is 455 g/mol. The summed E-state index contributed by atoms with van der Waals surface area (Å²) in [5, 5.41) is 5.30. The van der Waals surface area contributed by atoms with Gasteiger partial charge in [0.25, 0.3) is 0 Å². The quantitative estimate of drug-likeness (QED) is 0.406. The lowest BCUT2D eigenvalue weighted by Gasteiger charge is -2.19. The van der Waals surface area contributed by atoms with Crippen molar-refractivity contribution in [3.8, 4) is 28.5 Å². The molecule has 0 saturated heterocycles. The molecule has 1 heterocycles. The number of hydrogen-bond donors (Lipinski definition) is 1. The van der Waals surface area contributed by atoms with Crippen LogP contribution < -0.4 is 19.5 Å². The Morgan fingerprint density at radius 3 is 2.41 bits per heavy atom. The number of methoxy groups -OCH3 is 2. The van der Waals surface area contributed by atoms with E-state index in [1.807, 2.05) is 35.7 Å². The van der Waals surface area contributed by atoms with E-state index in [-0.39, 0.29) is 11.3 Å². The van der Waals surface area contributed by atoms with E-state index in [9.17, 15) is 4.79 Å². The first-order chi connectivity index (χ1) is 15.3. The molecule has 7 heteroatoms. The van der Waals surface area contributed by atoms with Crippen LogP contribution in [-0.4, -0.2) is 31.7 Å². The fourth-order valence-electron chi connectivity index (χ4n) is 3.12. The fourth-order valence-corrected chi connectivity index (χ4v) is 3.85. The fraction of sp³-hybridized carbons (Fsp3) is 0.360. The molecule has 0 atom stereocenters.